The number of nitrogens with two attached hydrogens (primary N) is 1. The molecular formula is C11H24N2O. The normalized spacial score (nSPS) is 24.4. The van der Waals surface area contributed by atoms with Crippen molar-refractivity contribution in [3.8, 4) is 0 Å². The molecule has 0 aromatic heterocycles. The minimum Gasteiger partial charge on any atom is -0.378 e. The van der Waals surface area contributed by atoms with Crippen LogP contribution in [-0.4, -0.2) is 44.3 Å². The van der Waals surface area contributed by atoms with Crippen LogP contribution in [0.5, 0.6) is 0 Å². The van der Waals surface area contributed by atoms with E-state index >= 15 is 0 Å². The molecule has 3 nitrogen and oxygen atoms in total. The smallest absolute Gasteiger partial charge is 0.0576 e. The van der Waals surface area contributed by atoms with E-state index in [1.165, 1.54) is 25.7 Å². The quantitative estimate of drug-likeness (QED) is 0.701. The summed E-state index contributed by atoms with van der Waals surface area (Å²) in [6.45, 7) is 1.96. The average molecular weight is 200 g/mol. The van der Waals surface area contributed by atoms with Crippen molar-refractivity contribution in [2.45, 2.75) is 44.2 Å². The van der Waals surface area contributed by atoms with E-state index in [0.717, 1.165) is 19.6 Å². The minimum absolute atomic E-state index is 0.325. The number of hydrogen-bond donors (Lipinski definition) is 1. The minimum atomic E-state index is 0.325. The second-order valence-electron chi connectivity index (χ2n) is 4.59. The molecule has 0 saturated carbocycles. The van der Waals surface area contributed by atoms with Crippen molar-refractivity contribution in [2.24, 2.45) is 5.73 Å². The number of rotatable bonds is 6. The van der Waals surface area contributed by atoms with Gasteiger partial charge in [-0.25, -0.2) is 0 Å². The molecule has 1 aliphatic rings. The second-order valence-corrected chi connectivity index (χ2v) is 4.59. The van der Waals surface area contributed by atoms with E-state index in [-0.39, 0.29) is 0 Å². The predicted molar refractivity (Wildman–Crippen MR) is 59.4 cm³/mol. The summed E-state index contributed by atoms with van der Waals surface area (Å²) in [5.41, 5.74) is 5.98. The Labute approximate surface area is 87.6 Å². The van der Waals surface area contributed by atoms with Crippen molar-refractivity contribution in [3.05, 3.63) is 0 Å². The van der Waals surface area contributed by atoms with E-state index in [1.807, 2.05) is 0 Å². The van der Waals surface area contributed by atoms with Gasteiger partial charge >= 0.3 is 0 Å². The molecule has 0 aromatic rings. The molecule has 0 radical (unpaired) electrons. The molecule has 84 valence electrons. The summed E-state index contributed by atoms with van der Waals surface area (Å²) < 4.78 is 5.56. The lowest BCUT2D eigenvalue weighted by Gasteiger charge is -2.17. The van der Waals surface area contributed by atoms with Gasteiger partial charge in [-0.15, -0.1) is 0 Å². The fourth-order valence-electron chi connectivity index (χ4n) is 2.04. The molecule has 0 spiro atoms. The monoisotopic (exact) mass is 200 g/mol. The highest BCUT2D eigenvalue weighted by atomic mass is 16.5. The van der Waals surface area contributed by atoms with Crippen molar-refractivity contribution < 1.29 is 4.74 Å². The van der Waals surface area contributed by atoms with Gasteiger partial charge in [0.25, 0.3) is 0 Å². The maximum Gasteiger partial charge on any atom is 0.0576 e. The predicted octanol–water partition coefficient (Wildman–Crippen LogP) is 1.22. The Kier molecular flexibility index (Phi) is 5.45. The van der Waals surface area contributed by atoms with Gasteiger partial charge in [0.1, 0.15) is 0 Å². The van der Waals surface area contributed by atoms with Crippen LogP contribution in [0.15, 0.2) is 0 Å². The van der Waals surface area contributed by atoms with Gasteiger partial charge in [-0.05, 0) is 46.2 Å². The van der Waals surface area contributed by atoms with Crippen LogP contribution < -0.4 is 5.73 Å². The van der Waals surface area contributed by atoms with E-state index in [2.05, 4.69) is 19.0 Å². The number of likely N-dealkylation sites (N-methyl/N-ethyl adjacent to an activating group) is 1. The topological polar surface area (TPSA) is 38.5 Å². The van der Waals surface area contributed by atoms with E-state index in [1.54, 1.807) is 0 Å². The number of ether oxygens (including phenoxy) is 1. The van der Waals surface area contributed by atoms with Gasteiger partial charge in [0.2, 0.25) is 0 Å². The molecule has 0 bridgehead atoms. The first-order chi connectivity index (χ1) is 6.68. The zero-order valence-electron chi connectivity index (χ0n) is 9.54. The Morgan fingerprint density at radius 2 is 2.29 bits per heavy atom. The van der Waals surface area contributed by atoms with Crippen LogP contribution in [0.25, 0.3) is 0 Å². The summed E-state index contributed by atoms with van der Waals surface area (Å²) in [5.74, 6) is 0. The molecule has 1 heterocycles. The molecule has 0 amide bonds. The van der Waals surface area contributed by atoms with E-state index in [4.69, 9.17) is 10.5 Å². The molecule has 1 aliphatic heterocycles. The first-order valence-electron chi connectivity index (χ1n) is 5.70. The maximum absolute atomic E-state index is 5.98. The zero-order valence-corrected chi connectivity index (χ0v) is 9.54. The van der Waals surface area contributed by atoms with Gasteiger partial charge in [0, 0.05) is 19.2 Å². The Balaban J connectivity index is 1.96. The van der Waals surface area contributed by atoms with Gasteiger partial charge in [0.15, 0.2) is 0 Å². The summed E-state index contributed by atoms with van der Waals surface area (Å²) >= 11 is 0. The lowest BCUT2D eigenvalue weighted by Crippen LogP contribution is -2.33. The van der Waals surface area contributed by atoms with Crippen LogP contribution in [-0.2, 0) is 4.74 Å². The lowest BCUT2D eigenvalue weighted by molar-refractivity contribution is 0.101. The van der Waals surface area contributed by atoms with Crippen molar-refractivity contribution in [3.63, 3.8) is 0 Å². The van der Waals surface area contributed by atoms with Gasteiger partial charge in [-0.3, -0.25) is 0 Å². The molecule has 2 unspecified atom stereocenters. The molecular weight excluding hydrogens is 176 g/mol. The first kappa shape index (κ1) is 12.0. The third-order valence-electron chi connectivity index (χ3n) is 2.72. The SMILES string of the molecule is CN(C)CC(N)CCCC1CCCO1. The number of hydrogen-bond acceptors (Lipinski definition) is 3. The largest absolute Gasteiger partial charge is 0.378 e. The summed E-state index contributed by atoms with van der Waals surface area (Å²) in [6.07, 6.45) is 6.55. The highest BCUT2D eigenvalue weighted by molar-refractivity contribution is 4.68. The molecule has 1 rings (SSSR count). The third kappa shape index (κ3) is 4.94. The van der Waals surface area contributed by atoms with Gasteiger partial charge in [0.05, 0.1) is 6.10 Å². The van der Waals surface area contributed by atoms with Crippen LogP contribution >= 0.6 is 0 Å². The Hall–Kier alpha value is -0.120. The van der Waals surface area contributed by atoms with Crippen LogP contribution in [0, 0.1) is 0 Å². The standard InChI is InChI=1S/C11H24N2O/c1-13(2)9-10(12)5-3-6-11-7-4-8-14-11/h10-11H,3-9,12H2,1-2H3. The van der Waals surface area contributed by atoms with Crippen LogP contribution in [0.3, 0.4) is 0 Å². The lowest BCUT2D eigenvalue weighted by atomic mass is 10.1. The molecule has 3 heteroatoms. The number of nitrogens with zero attached hydrogens (tertiary/aromatic N) is 1. The summed E-state index contributed by atoms with van der Waals surface area (Å²) in [4.78, 5) is 2.15. The molecule has 2 N–H and O–H groups in total. The van der Waals surface area contributed by atoms with E-state index < -0.39 is 0 Å². The van der Waals surface area contributed by atoms with Crippen molar-refractivity contribution in [2.75, 3.05) is 27.2 Å². The highest BCUT2D eigenvalue weighted by Gasteiger charge is 2.15. The van der Waals surface area contributed by atoms with Crippen molar-refractivity contribution in [1.82, 2.24) is 4.90 Å². The molecule has 1 fully saturated rings. The van der Waals surface area contributed by atoms with Gasteiger partial charge in [-0.2, -0.15) is 0 Å². The molecule has 1 saturated heterocycles. The fourth-order valence-corrected chi connectivity index (χ4v) is 2.04. The molecule has 2 atom stereocenters. The van der Waals surface area contributed by atoms with Gasteiger partial charge in [-0.1, -0.05) is 0 Å². The highest BCUT2D eigenvalue weighted by Crippen LogP contribution is 2.17. The van der Waals surface area contributed by atoms with E-state index in [0.29, 0.717) is 12.1 Å². The van der Waals surface area contributed by atoms with Crippen molar-refractivity contribution >= 4 is 0 Å². The summed E-state index contributed by atoms with van der Waals surface area (Å²) in [7, 11) is 4.14. The van der Waals surface area contributed by atoms with Crippen LogP contribution in [0.1, 0.15) is 32.1 Å². The Morgan fingerprint density at radius 3 is 2.86 bits per heavy atom. The van der Waals surface area contributed by atoms with Crippen LogP contribution in [0.2, 0.25) is 0 Å². The van der Waals surface area contributed by atoms with Crippen LogP contribution in [0.4, 0.5) is 0 Å². The summed E-state index contributed by atoms with van der Waals surface area (Å²) in [6, 6.07) is 0.325. The molecule has 0 aromatic carbocycles. The zero-order chi connectivity index (χ0) is 10.4. The van der Waals surface area contributed by atoms with Crippen molar-refractivity contribution in [1.29, 1.82) is 0 Å². The maximum atomic E-state index is 5.98. The van der Waals surface area contributed by atoms with Gasteiger partial charge < -0.3 is 15.4 Å². The Morgan fingerprint density at radius 1 is 1.50 bits per heavy atom. The third-order valence-corrected chi connectivity index (χ3v) is 2.72. The summed E-state index contributed by atoms with van der Waals surface area (Å²) in [5, 5.41) is 0. The Bertz CT molecular complexity index is 144. The fraction of sp³-hybridized carbons (Fsp3) is 1.00. The van der Waals surface area contributed by atoms with E-state index in [9.17, 15) is 0 Å². The average Bonchev–Trinajstić information content (AvgIpc) is 2.55. The second kappa shape index (κ2) is 6.38. The molecule has 0 aliphatic carbocycles. The first-order valence-corrected chi connectivity index (χ1v) is 5.70. The molecule has 14 heavy (non-hydrogen) atoms.